The second kappa shape index (κ2) is 4.98. The Balaban J connectivity index is 2.17. The van der Waals surface area contributed by atoms with Gasteiger partial charge in [-0.1, -0.05) is 15.9 Å². The Morgan fingerprint density at radius 3 is 2.59 bits per heavy atom. The van der Waals surface area contributed by atoms with Gasteiger partial charge < -0.3 is 4.90 Å². The van der Waals surface area contributed by atoms with Crippen molar-refractivity contribution in [1.82, 2.24) is 0 Å². The lowest BCUT2D eigenvalue weighted by Crippen LogP contribution is -2.34. The lowest BCUT2D eigenvalue weighted by Gasteiger charge is -2.26. The maximum Gasteiger partial charge on any atom is 0.149 e. The van der Waals surface area contributed by atoms with Gasteiger partial charge in [0.25, 0.3) is 0 Å². The molecule has 0 saturated carbocycles. The molecule has 0 amide bonds. The number of anilines is 1. The molecule has 0 radical (unpaired) electrons. The fraction of sp³-hybridized carbons (Fsp3) is 0.500. The third kappa shape index (κ3) is 3.45. The van der Waals surface area contributed by atoms with Crippen LogP contribution in [0, 0.1) is 0 Å². The van der Waals surface area contributed by atoms with Gasteiger partial charge in [-0.3, -0.25) is 0 Å². The molecule has 0 spiro atoms. The van der Waals surface area contributed by atoms with E-state index in [1.54, 1.807) is 0 Å². The van der Waals surface area contributed by atoms with Gasteiger partial charge in [0.1, 0.15) is 9.84 Å². The van der Waals surface area contributed by atoms with Crippen molar-refractivity contribution >= 4 is 31.5 Å². The highest BCUT2D eigenvalue weighted by atomic mass is 79.9. The molecule has 0 aliphatic carbocycles. The number of hydrogen-bond acceptors (Lipinski definition) is 3. The van der Waals surface area contributed by atoms with Crippen LogP contribution in [0.15, 0.2) is 28.7 Å². The highest BCUT2D eigenvalue weighted by Gasteiger charge is 2.27. The summed E-state index contributed by atoms with van der Waals surface area (Å²) in [4.78, 5) is 2.20. The molecule has 1 aliphatic heterocycles. The molecule has 5 heteroatoms. The van der Waals surface area contributed by atoms with Crippen LogP contribution in [0.25, 0.3) is 0 Å². The van der Waals surface area contributed by atoms with Crippen LogP contribution in [0.1, 0.15) is 12.8 Å². The van der Waals surface area contributed by atoms with Gasteiger partial charge in [0.2, 0.25) is 0 Å². The normalized spacial score (nSPS) is 20.8. The van der Waals surface area contributed by atoms with E-state index in [-0.39, 0.29) is 11.8 Å². The third-order valence-corrected chi connectivity index (χ3v) is 4.55. The monoisotopic (exact) mass is 317 g/mol. The number of sulfone groups is 1. The van der Waals surface area contributed by atoms with Crippen LogP contribution < -0.4 is 4.90 Å². The summed E-state index contributed by atoms with van der Waals surface area (Å²) in [5.74, 6) is 0.253. The van der Waals surface area contributed by atoms with Crippen molar-refractivity contribution in [3.05, 3.63) is 28.7 Å². The standard InChI is InChI=1S/C12H16BrNO2S/c1-17(15,16)9-12-3-2-8-14(12)11-6-4-10(13)5-7-11/h4-7,12H,2-3,8-9H2,1H3. The van der Waals surface area contributed by atoms with Crippen LogP contribution in [0.4, 0.5) is 5.69 Å². The molecule has 1 heterocycles. The molecular weight excluding hydrogens is 302 g/mol. The van der Waals surface area contributed by atoms with E-state index >= 15 is 0 Å². The minimum atomic E-state index is -2.91. The molecule has 0 bridgehead atoms. The van der Waals surface area contributed by atoms with Gasteiger partial charge in [-0.2, -0.15) is 0 Å². The minimum absolute atomic E-state index is 0.131. The first-order chi connectivity index (χ1) is 7.96. The maximum atomic E-state index is 11.4. The summed E-state index contributed by atoms with van der Waals surface area (Å²) in [6, 6.07) is 8.18. The predicted molar refractivity (Wildman–Crippen MR) is 74.2 cm³/mol. The van der Waals surface area contributed by atoms with Crippen LogP contribution in [0.2, 0.25) is 0 Å². The number of hydrogen-bond donors (Lipinski definition) is 0. The van der Waals surface area contributed by atoms with Gasteiger partial charge in [0, 0.05) is 29.0 Å². The molecule has 17 heavy (non-hydrogen) atoms. The number of rotatable bonds is 3. The number of halogens is 1. The summed E-state index contributed by atoms with van der Waals surface area (Å²) in [6.07, 6.45) is 3.34. The molecule has 1 aromatic carbocycles. The SMILES string of the molecule is CS(=O)(=O)CC1CCCN1c1ccc(Br)cc1. The van der Waals surface area contributed by atoms with Gasteiger partial charge in [0.15, 0.2) is 0 Å². The molecule has 0 N–H and O–H groups in total. The van der Waals surface area contributed by atoms with Crippen molar-refractivity contribution in [2.75, 3.05) is 23.5 Å². The Bertz CT molecular complexity index is 484. The second-order valence-electron chi connectivity index (χ2n) is 4.56. The van der Waals surface area contributed by atoms with E-state index in [0.29, 0.717) is 0 Å². The van der Waals surface area contributed by atoms with Gasteiger partial charge >= 0.3 is 0 Å². The van der Waals surface area contributed by atoms with E-state index < -0.39 is 9.84 Å². The van der Waals surface area contributed by atoms with Gasteiger partial charge in [-0.05, 0) is 37.1 Å². The van der Waals surface area contributed by atoms with Gasteiger partial charge in [0.05, 0.1) is 5.75 Å². The summed E-state index contributed by atoms with van der Waals surface area (Å²) in [6.45, 7) is 0.946. The van der Waals surface area contributed by atoms with Crippen LogP contribution >= 0.6 is 15.9 Å². The van der Waals surface area contributed by atoms with Gasteiger partial charge in [-0.15, -0.1) is 0 Å². The molecule has 1 aliphatic rings. The summed E-state index contributed by atoms with van der Waals surface area (Å²) in [5.41, 5.74) is 1.11. The largest absolute Gasteiger partial charge is 0.368 e. The Labute approximate surface area is 111 Å². The molecule has 94 valence electrons. The Kier molecular flexibility index (Phi) is 3.78. The van der Waals surface area contributed by atoms with Crippen LogP contribution in [0.5, 0.6) is 0 Å². The van der Waals surface area contributed by atoms with Crippen LogP contribution in [0.3, 0.4) is 0 Å². The molecule has 3 nitrogen and oxygen atoms in total. The molecule has 1 saturated heterocycles. The van der Waals surface area contributed by atoms with Crippen molar-refractivity contribution in [2.24, 2.45) is 0 Å². The number of benzene rings is 1. The lowest BCUT2D eigenvalue weighted by atomic mass is 10.2. The van der Waals surface area contributed by atoms with Crippen molar-refractivity contribution in [3.8, 4) is 0 Å². The zero-order valence-electron chi connectivity index (χ0n) is 9.77. The van der Waals surface area contributed by atoms with E-state index in [2.05, 4.69) is 20.8 Å². The van der Waals surface area contributed by atoms with E-state index in [1.807, 2.05) is 24.3 Å². The molecule has 1 fully saturated rings. The quantitative estimate of drug-likeness (QED) is 0.859. The average Bonchev–Trinajstić information content (AvgIpc) is 2.64. The van der Waals surface area contributed by atoms with E-state index in [4.69, 9.17) is 0 Å². The fourth-order valence-corrected chi connectivity index (χ4v) is 3.64. The highest BCUT2D eigenvalue weighted by Crippen LogP contribution is 2.27. The van der Waals surface area contributed by atoms with Crippen molar-refractivity contribution in [2.45, 2.75) is 18.9 Å². The van der Waals surface area contributed by atoms with Crippen molar-refractivity contribution in [3.63, 3.8) is 0 Å². The second-order valence-corrected chi connectivity index (χ2v) is 7.66. The smallest absolute Gasteiger partial charge is 0.149 e. The molecule has 2 rings (SSSR count). The highest BCUT2D eigenvalue weighted by molar-refractivity contribution is 9.10. The Hall–Kier alpha value is -0.550. The first-order valence-corrected chi connectivity index (χ1v) is 8.51. The molecule has 1 atom stereocenters. The first-order valence-electron chi connectivity index (χ1n) is 5.66. The topological polar surface area (TPSA) is 37.4 Å². The molecule has 1 aromatic rings. The summed E-state index contributed by atoms with van der Waals surface area (Å²) in [7, 11) is -2.91. The molecule has 1 unspecified atom stereocenters. The average molecular weight is 318 g/mol. The lowest BCUT2D eigenvalue weighted by molar-refractivity contribution is 0.591. The van der Waals surface area contributed by atoms with E-state index in [0.717, 1.165) is 29.5 Å². The maximum absolute atomic E-state index is 11.4. The first kappa shape index (κ1) is 12.9. The third-order valence-electron chi connectivity index (χ3n) is 3.03. The van der Waals surface area contributed by atoms with E-state index in [1.165, 1.54) is 6.26 Å². The zero-order chi connectivity index (χ0) is 12.5. The summed E-state index contributed by atoms with van der Waals surface area (Å²) < 4.78 is 23.8. The minimum Gasteiger partial charge on any atom is -0.368 e. The fourth-order valence-electron chi connectivity index (χ4n) is 2.33. The molecular formula is C12H16BrNO2S. The van der Waals surface area contributed by atoms with Crippen molar-refractivity contribution < 1.29 is 8.42 Å². The van der Waals surface area contributed by atoms with Gasteiger partial charge in [-0.25, -0.2) is 8.42 Å². The Morgan fingerprint density at radius 2 is 2.00 bits per heavy atom. The van der Waals surface area contributed by atoms with E-state index in [9.17, 15) is 8.42 Å². The zero-order valence-corrected chi connectivity index (χ0v) is 12.2. The number of nitrogens with zero attached hydrogens (tertiary/aromatic N) is 1. The van der Waals surface area contributed by atoms with Crippen molar-refractivity contribution in [1.29, 1.82) is 0 Å². The van der Waals surface area contributed by atoms with Crippen LogP contribution in [-0.2, 0) is 9.84 Å². The van der Waals surface area contributed by atoms with Crippen LogP contribution in [-0.4, -0.2) is 33.0 Å². The summed E-state index contributed by atoms with van der Waals surface area (Å²) >= 11 is 3.40. The summed E-state index contributed by atoms with van der Waals surface area (Å²) in [5, 5.41) is 0. The molecule has 0 aromatic heterocycles. The Morgan fingerprint density at radius 1 is 1.35 bits per heavy atom. The predicted octanol–water partition coefficient (Wildman–Crippen LogP) is 2.46.